The number of rotatable bonds is 5. The van der Waals surface area contributed by atoms with E-state index in [9.17, 15) is 0 Å². The highest BCUT2D eigenvalue weighted by atomic mass is 16.5. The predicted octanol–water partition coefficient (Wildman–Crippen LogP) is 2.70. The number of aryl methyl sites for hydroxylation is 2. The summed E-state index contributed by atoms with van der Waals surface area (Å²) in [5, 5.41) is 3.57. The van der Waals surface area contributed by atoms with E-state index < -0.39 is 0 Å². The zero-order chi connectivity index (χ0) is 11.5. The summed E-state index contributed by atoms with van der Waals surface area (Å²) in [7, 11) is 0. The number of fused-ring (bicyclic) bond motifs is 1. The van der Waals surface area contributed by atoms with Gasteiger partial charge in [-0.15, -0.1) is 0 Å². The van der Waals surface area contributed by atoms with E-state index in [1.165, 1.54) is 49.0 Å². The monoisotopic (exact) mass is 231 g/mol. The summed E-state index contributed by atoms with van der Waals surface area (Å²) < 4.78 is 5.82. The Balaban J connectivity index is 1.57. The van der Waals surface area contributed by atoms with Crippen LogP contribution in [-0.4, -0.2) is 19.2 Å². The fourth-order valence-corrected chi connectivity index (χ4v) is 2.53. The Morgan fingerprint density at radius 3 is 3.12 bits per heavy atom. The number of nitrogens with one attached hydrogen (secondary N) is 1. The van der Waals surface area contributed by atoms with E-state index in [0.29, 0.717) is 0 Å². The minimum atomic E-state index is 0.830. The number of hydrogen-bond donors (Lipinski definition) is 1. The third-order valence-corrected chi connectivity index (χ3v) is 3.65. The molecule has 17 heavy (non-hydrogen) atoms. The molecule has 0 amide bonds. The van der Waals surface area contributed by atoms with Crippen LogP contribution in [0.4, 0.5) is 0 Å². The molecule has 1 aromatic carbocycles. The van der Waals surface area contributed by atoms with Crippen molar-refractivity contribution in [3.63, 3.8) is 0 Å². The third-order valence-electron chi connectivity index (χ3n) is 3.65. The Bertz CT molecular complexity index is 385. The molecule has 1 aromatic rings. The van der Waals surface area contributed by atoms with Crippen LogP contribution in [0.3, 0.4) is 0 Å². The molecular weight excluding hydrogens is 210 g/mol. The van der Waals surface area contributed by atoms with Gasteiger partial charge in [0.05, 0.1) is 6.61 Å². The van der Waals surface area contributed by atoms with Gasteiger partial charge in [0, 0.05) is 6.04 Å². The van der Waals surface area contributed by atoms with Gasteiger partial charge >= 0.3 is 0 Å². The molecule has 0 radical (unpaired) electrons. The van der Waals surface area contributed by atoms with E-state index in [-0.39, 0.29) is 0 Å². The molecule has 1 fully saturated rings. The van der Waals surface area contributed by atoms with E-state index in [0.717, 1.165) is 25.6 Å². The second kappa shape index (κ2) is 5.09. The lowest BCUT2D eigenvalue weighted by molar-refractivity contribution is 0.285. The van der Waals surface area contributed by atoms with E-state index >= 15 is 0 Å². The van der Waals surface area contributed by atoms with Crippen LogP contribution in [0, 0.1) is 0 Å². The minimum Gasteiger partial charge on any atom is -0.493 e. The standard InChI is InChI=1S/C15H21NO/c1-4-12(6-2-10-16-14-8-9-14)15-13(5-1)7-3-11-17-15/h1,4-5,14,16H,2-3,6-11H2. The molecular formula is C15H21NO. The average molecular weight is 231 g/mol. The van der Waals surface area contributed by atoms with Crippen LogP contribution in [-0.2, 0) is 12.8 Å². The summed E-state index contributed by atoms with van der Waals surface area (Å²) in [6.07, 6.45) is 7.47. The number of benzene rings is 1. The van der Waals surface area contributed by atoms with E-state index in [1.807, 2.05) is 0 Å². The molecule has 3 rings (SSSR count). The van der Waals surface area contributed by atoms with Crippen molar-refractivity contribution < 1.29 is 4.74 Å². The molecule has 0 bridgehead atoms. The second-order valence-electron chi connectivity index (χ2n) is 5.19. The van der Waals surface area contributed by atoms with Gasteiger partial charge in [0.2, 0.25) is 0 Å². The molecule has 0 aromatic heterocycles. The van der Waals surface area contributed by atoms with Crippen LogP contribution in [0.15, 0.2) is 18.2 Å². The molecule has 2 nitrogen and oxygen atoms in total. The summed E-state index contributed by atoms with van der Waals surface area (Å²) in [6.45, 7) is 2.04. The lowest BCUT2D eigenvalue weighted by atomic mass is 10.00. The van der Waals surface area contributed by atoms with Gasteiger partial charge in [0.25, 0.3) is 0 Å². The Hall–Kier alpha value is -1.02. The minimum absolute atomic E-state index is 0.830. The largest absolute Gasteiger partial charge is 0.493 e. The van der Waals surface area contributed by atoms with Gasteiger partial charge in [-0.2, -0.15) is 0 Å². The van der Waals surface area contributed by atoms with Crippen molar-refractivity contribution in [2.45, 2.75) is 44.6 Å². The predicted molar refractivity (Wildman–Crippen MR) is 69.6 cm³/mol. The molecule has 0 saturated heterocycles. The first-order valence-corrected chi connectivity index (χ1v) is 6.90. The van der Waals surface area contributed by atoms with Crippen molar-refractivity contribution in [1.82, 2.24) is 5.32 Å². The first-order chi connectivity index (χ1) is 8.43. The van der Waals surface area contributed by atoms with Gasteiger partial charge in [0.15, 0.2) is 0 Å². The van der Waals surface area contributed by atoms with E-state index in [4.69, 9.17) is 4.74 Å². The zero-order valence-corrected chi connectivity index (χ0v) is 10.4. The first kappa shape index (κ1) is 11.1. The highest BCUT2D eigenvalue weighted by Gasteiger charge is 2.19. The summed E-state index contributed by atoms with van der Waals surface area (Å²) in [5.74, 6) is 1.19. The molecule has 0 unspecified atom stereocenters. The third kappa shape index (κ3) is 2.81. The maximum Gasteiger partial charge on any atom is 0.125 e. The van der Waals surface area contributed by atoms with Crippen LogP contribution < -0.4 is 10.1 Å². The maximum atomic E-state index is 5.82. The van der Waals surface area contributed by atoms with Crippen molar-refractivity contribution in [1.29, 1.82) is 0 Å². The van der Waals surface area contributed by atoms with Crippen molar-refractivity contribution in [2.24, 2.45) is 0 Å². The Morgan fingerprint density at radius 1 is 1.29 bits per heavy atom. The quantitative estimate of drug-likeness (QED) is 0.787. The van der Waals surface area contributed by atoms with Crippen LogP contribution in [0.25, 0.3) is 0 Å². The van der Waals surface area contributed by atoms with Gasteiger partial charge in [-0.25, -0.2) is 0 Å². The zero-order valence-electron chi connectivity index (χ0n) is 10.4. The lowest BCUT2D eigenvalue weighted by Gasteiger charge is -2.20. The van der Waals surface area contributed by atoms with Crippen molar-refractivity contribution >= 4 is 0 Å². The molecule has 1 aliphatic carbocycles. The van der Waals surface area contributed by atoms with Crippen LogP contribution in [0.5, 0.6) is 5.75 Å². The fraction of sp³-hybridized carbons (Fsp3) is 0.600. The van der Waals surface area contributed by atoms with Gasteiger partial charge in [-0.3, -0.25) is 0 Å². The fourth-order valence-electron chi connectivity index (χ4n) is 2.53. The smallest absolute Gasteiger partial charge is 0.125 e. The Labute approximate surface area is 103 Å². The molecule has 1 saturated carbocycles. The summed E-state index contributed by atoms with van der Waals surface area (Å²) >= 11 is 0. The van der Waals surface area contributed by atoms with Crippen LogP contribution in [0.1, 0.15) is 36.8 Å². The second-order valence-corrected chi connectivity index (χ2v) is 5.19. The van der Waals surface area contributed by atoms with Crippen molar-refractivity contribution in [2.75, 3.05) is 13.2 Å². The summed E-state index contributed by atoms with van der Waals surface area (Å²) in [5.41, 5.74) is 2.81. The molecule has 1 heterocycles. The molecule has 92 valence electrons. The van der Waals surface area contributed by atoms with E-state index in [1.54, 1.807) is 0 Å². The summed E-state index contributed by atoms with van der Waals surface area (Å²) in [4.78, 5) is 0. The van der Waals surface area contributed by atoms with Crippen LogP contribution >= 0.6 is 0 Å². The highest BCUT2D eigenvalue weighted by Crippen LogP contribution is 2.29. The topological polar surface area (TPSA) is 21.3 Å². The van der Waals surface area contributed by atoms with Crippen molar-refractivity contribution in [3.8, 4) is 5.75 Å². The van der Waals surface area contributed by atoms with Gasteiger partial charge in [0.1, 0.15) is 5.75 Å². The number of para-hydroxylation sites is 1. The van der Waals surface area contributed by atoms with Crippen LogP contribution in [0.2, 0.25) is 0 Å². The van der Waals surface area contributed by atoms with E-state index in [2.05, 4.69) is 23.5 Å². The molecule has 1 N–H and O–H groups in total. The molecule has 2 aliphatic rings. The van der Waals surface area contributed by atoms with Gasteiger partial charge < -0.3 is 10.1 Å². The van der Waals surface area contributed by atoms with Crippen molar-refractivity contribution in [3.05, 3.63) is 29.3 Å². The molecule has 2 heteroatoms. The molecule has 1 aliphatic heterocycles. The lowest BCUT2D eigenvalue weighted by Crippen LogP contribution is -2.18. The first-order valence-electron chi connectivity index (χ1n) is 6.90. The summed E-state index contributed by atoms with van der Waals surface area (Å²) in [6, 6.07) is 7.44. The molecule has 0 spiro atoms. The maximum absolute atomic E-state index is 5.82. The average Bonchev–Trinajstić information content (AvgIpc) is 3.19. The number of hydrogen-bond acceptors (Lipinski definition) is 2. The normalized spacial score (nSPS) is 18.6. The Morgan fingerprint density at radius 2 is 2.24 bits per heavy atom. The number of ether oxygens (including phenoxy) is 1. The SMILES string of the molecule is c1cc(CCCNC2CC2)c2c(c1)CCCO2. The Kier molecular flexibility index (Phi) is 3.32. The van der Waals surface area contributed by atoms with Gasteiger partial charge in [-0.05, 0) is 56.2 Å². The van der Waals surface area contributed by atoms with Gasteiger partial charge in [-0.1, -0.05) is 18.2 Å². The molecule has 0 atom stereocenters. The highest BCUT2D eigenvalue weighted by molar-refractivity contribution is 5.42.